The molecule has 0 radical (unpaired) electrons. The zero-order valence-corrected chi connectivity index (χ0v) is 15.2. The molecular weight excluding hydrogens is 344 g/mol. The molecule has 0 spiro atoms. The van der Waals surface area contributed by atoms with Gasteiger partial charge in [0.15, 0.2) is 11.5 Å². The predicted octanol–water partition coefficient (Wildman–Crippen LogP) is 3.11. The van der Waals surface area contributed by atoms with E-state index >= 15 is 0 Å². The maximum absolute atomic E-state index is 12.5. The zero-order valence-electron chi connectivity index (χ0n) is 15.2. The van der Waals surface area contributed by atoms with Gasteiger partial charge in [0.2, 0.25) is 12.7 Å². The van der Waals surface area contributed by atoms with Crippen LogP contribution in [0.25, 0.3) is 10.9 Å². The first-order valence-electron chi connectivity index (χ1n) is 8.95. The SMILES string of the molecule is COCC(=O)N(CCc1c[nH]c2ccccc12)Cc1ccc2c(c1)OCO2. The Hall–Kier alpha value is -2.99. The normalized spacial score (nSPS) is 12.5. The maximum Gasteiger partial charge on any atom is 0.248 e. The van der Waals surface area contributed by atoms with Crippen LogP contribution in [0.2, 0.25) is 0 Å². The summed E-state index contributed by atoms with van der Waals surface area (Å²) < 4.78 is 15.9. The van der Waals surface area contributed by atoms with Gasteiger partial charge in [0.05, 0.1) is 0 Å². The molecule has 0 saturated heterocycles. The highest BCUT2D eigenvalue weighted by Gasteiger charge is 2.18. The van der Waals surface area contributed by atoms with Gasteiger partial charge in [0, 0.05) is 37.3 Å². The molecule has 2 heterocycles. The summed E-state index contributed by atoms with van der Waals surface area (Å²) in [5.74, 6) is 1.44. The van der Waals surface area contributed by atoms with E-state index in [2.05, 4.69) is 17.1 Å². The van der Waals surface area contributed by atoms with E-state index in [9.17, 15) is 4.79 Å². The highest BCUT2D eigenvalue weighted by atomic mass is 16.7. The second-order valence-corrected chi connectivity index (χ2v) is 6.55. The first kappa shape index (κ1) is 17.4. The molecule has 2 aromatic carbocycles. The summed E-state index contributed by atoms with van der Waals surface area (Å²) in [5.41, 5.74) is 3.31. The van der Waals surface area contributed by atoms with Crippen molar-refractivity contribution in [2.45, 2.75) is 13.0 Å². The molecule has 3 aromatic rings. The van der Waals surface area contributed by atoms with Gasteiger partial charge in [0.25, 0.3) is 0 Å². The Bertz CT molecular complexity index is 950. The van der Waals surface area contributed by atoms with Crippen molar-refractivity contribution in [3.05, 3.63) is 59.8 Å². The summed E-state index contributed by atoms with van der Waals surface area (Å²) >= 11 is 0. The zero-order chi connectivity index (χ0) is 18.6. The van der Waals surface area contributed by atoms with Crippen LogP contribution in [0.5, 0.6) is 11.5 Å². The number of carbonyl (C=O) groups excluding carboxylic acids is 1. The summed E-state index contributed by atoms with van der Waals surface area (Å²) in [6, 6.07) is 14.0. The van der Waals surface area contributed by atoms with E-state index in [1.165, 1.54) is 18.1 Å². The lowest BCUT2D eigenvalue weighted by Crippen LogP contribution is -2.35. The average Bonchev–Trinajstić information content (AvgIpc) is 3.31. The Morgan fingerprint density at radius 1 is 1.19 bits per heavy atom. The van der Waals surface area contributed by atoms with Crippen LogP contribution < -0.4 is 9.47 Å². The Balaban J connectivity index is 1.49. The fourth-order valence-electron chi connectivity index (χ4n) is 3.36. The van der Waals surface area contributed by atoms with E-state index in [-0.39, 0.29) is 19.3 Å². The molecule has 0 bridgehead atoms. The van der Waals surface area contributed by atoms with Gasteiger partial charge in [-0.2, -0.15) is 0 Å². The molecule has 1 amide bonds. The van der Waals surface area contributed by atoms with Crippen molar-refractivity contribution in [2.75, 3.05) is 27.1 Å². The van der Waals surface area contributed by atoms with Gasteiger partial charge in [-0.3, -0.25) is 4.79 Å². The predicted molar refractivity (Wildman–Crippen MR) is 102 cm³/mol. The van der Waals surface area contributed by atoms with Crippen molar-refractivity contribution in [3.63, 3.8) is 0 Å². The van der Waals surface area contributed by atoms with Crippen LogP contribution >= 0.6 is 0 Å². The molecule has 1 aliphatic rings. The maximum atomic E-state index is 12.5. The minimum absolute atomic E-state index is 0.0324. The van der Waals surface area contributed by atoms with Crippen molar-refractivity contribution in [3.8, 4) is 11.5 Å². The van der Waals surface area contributed by atoms with Crippen molar-refractivity contribution in [2.24, 2.45) is 0 Å². The van der Waals surface area contributed by atoms with Crippen molar-refractivity contribution >= 4 is 16.8 Å². The third kappa shape index (κ3) is 3.75. The first-order chi connectivity index (χ1) is 13.2. The molecular formula is C21H22N2O4. The standard InChI is InChI=1S/C21H22N2O4/c1-25-13-21(24)23(12-15-6-7-19-20(10-15)27-14-26-19)9-8-16-11-22-18-5-3-2-4-17(16)18/h2-7,10-11,22H,8-9,12-14H2,1H3. The van der Waals surface area contributed by atoms with Crippen molar-refractivity contribution < 1.29 is 19.0 Å². The van der Waals surface area contributed by atoms with Gasteiger partial charge >= 0.3 is 0 Å². The van der Waals surface area contributed by atoms with Gasteiger partial charge in [-0.15, -0.1) is 0 Å². The lowest BCUT2D eigenvalue weighted by molar-refractivity contribution is -0.135. The minimum Gasteiger partial charge on any atom is -0.454 e. The monoisotopic (exact) mass is 366 g/mol. The molecule has 0 aliphatic carbocycles. The summed E-state index contributed by atoms with van der Waals surface area (Å²) in [6.45, 7) is 1.42. The Morgan fingerprint density at radius 2 is 2.04 bits per heavy atom. The number of ether oxygens (including phenoxy) is 3. The number of hydrogen-bond acceptors (Lipinski definition) is 4. The van der Waals surface area contributed by atoms with Crippen LogP contribution in [0.1, 0.15) is 11.1 Å². The van der Waals surface area contributed by atoms with Gasteiger partial charge in [0.1, 0.15) is 6.61 Å². The van der Waals surface area contributed by atoms with Gasteiger partial charge in [-0.25, -0.2) is 0 Å². The van der Waals surface area contributed by atoms with Crippen molar-refractivity contribution in [1.82, 2.24) is 9.88 Å². The molecule has 6 nitrogen and oxygen atoms in total. The van der Waals surface area contributed by atoms with E-state index in [0.717, 1.165) is 29.0 Å². The topological polar surface area (TPSA) is 63.8 Å². The first-order valence-corrected chi connectivity index (χ1v) is 8.95. The number of rotatable bonds is 7. The second-order valence-electron chi connectivity index (χ2n) is 6.55. The number of aromatic amines is 1. The third-order valence-electron chi connectivity index (χ3n) is 4.76. The Labute approximate surface area is 157 Å². The number of fused-ring (bicyclic) bond motifs is 2. The van der Waals surface area contributed by atoms with Crippen LogP contribution in [0.3, 0.4) is 0 Å². The fraction of sp³-hybridized carbons (Fsp3) is 0.286. The molecule has 140 valence electrons. The number of benzene rings is 2. The molecule has 6 heteroatoms. The number of carbonyl (C=O) groups is 1. The lowest BCUT2D eigenvalue weighted by atomic mass is 10.1. The van der Waals surface area contributed by atoms with Crippen LogP contribution in [0.4, 0.5) is 0 Å². The smallest absolute Gasteiger partial charge is 0.248 e. The van der Waals surface area contributed by atoms with Crippen molar-refractivity contribution in [1.29, 1.82) is 0 Å². The average molecular weight is 366 g/mol. The van der Waals surface area contributed by atoms with Crippen LogP contribution in [0, 0.1) is 0 Å². The number of methoxy groups -OCH3 is 1. The number of hydrogen-bond donors (Lipinski definition) is 1. The lowest BCUT2D eigenvalue weighted by Gasteiger charge is -2.22. The summed E-state index contributed by atoms with van der Waals surface area (Å²) in [4.78, 5) is 17.6. The molecule has 0 atom stereocenters. The van der Waals surface area contributed by atoms with Gasteiger partial charge in [-0.1, -0.05) is 24.3 Å². The molecule has 0 fully saturated rings. The van der Waals surface area contributed by atoms with E-state index in [0.29, 0.717) is 13.1 Å². The summed E-state index contributed by atoms with van der Waals surface area (Å²) in [7, 11) is 1.54. The Morgan fingerprint density at radius 3 is 2.93 bits per heavy atom. The number of amides is 1. The van der Waals surface area contributed by atoms with E-state index < -0.39 is 0 Å². The van der Waals surface area contributed by atoms with Crippen LogP contribution in [-0.2, 0) is 22.5 Å². The third-order valence-corrected chi connectivity index (χ3v) is 4.76. The molecule has 27 heavy (non-hydrogen) atoms. The number of nitrogens with zero attached hydrogens (tertiary/aromatic N) is 1. The number of para-hydroxylation sites is 1. The van der Waals surface area contributed by atoms with E-state index in [4.69, 9.17) is 14.2 Å². The number of nitrogens with one attached hydrogen (secondary N) is 1. The minimum atomic E-state index is -0.0324. The summed E-state index contributed by atoms with van der Waals surface area (Å²) in [6.07, 6.45) is 2.79. The van der Waals surface area contributed by atoms with Gasteiger partial charge < -0.3 is 24.1 Å². The molecule has 1 aliphatic heterocycles. The molecule has 0 saturated carbocycles. The van der Waals surface area contributed by atoms with Crippen LogP contribution in [0.15, 0.2) is 48.7 Å². The van der Waals surface area contributed by atoms with Gasteiger partial charge in [-0.05, 0) is 35.7 Å². The second kappa shape index (κ2) is 7.72. The number of aromatic nitrogens is 1. The molecule has 1 N–H and O–H groups in total. The quantitative estimate of drug-likeness (QED) is 0.698. The fourth-order valence-corrected chi connectivity index (χ4v) is 3.36. The summed E-state index contributed by atoms with van der Waals surface area (Å²) in [5, 5.41) is 1.19. The molecule has 1 aromatic heterocycles. The largest absolute Gasteiger partial charge is 0.454 e. The Kier molecular flexibility index (Phi) is 4.98. The van der Waals surface area contributed by atoms with E-state index in [1.54, 1.807) is 0 Å². The number of H-pyrrole nitrogens is 1. The highest BCUT2D eigenvalue weighted by Crippen LogP contribution is 2.32. The molecule has 0 unspecified atom stereocenters. The highest BCUT2D eigenvalue weighted by molar-refractivity contribution is 5.83. The van der Waals surface area contributed by atoms with E-state index in [1.807, 2.05) is 41.4 Å². The molecule has 4 rings (SSSR count). The van der Waals surface area contributed by atoms with Crippen LogP contribution in [-0.4, -0.2) is 42.8 Å².